The lowest BCUT2D eigenvalue weighted by molar-refractivity contribution is -0.128. The first-order valence-electron chi connectivity index (χ1n) is 10.5. The van der Waals surface area contributed by atoms with Crippen LogP contribution in [-0.2, 0) is 26.6 Å². The zero-order valence-electron chi connectivity index (χ0n) is 18.7. The van der Waals surface area contributed by atoms with Crippen molar-refractivity contribution in [2.24, 2.45) is 0 Å². The third kappa shape index (κ3) is 6.20. The Bertz CT molecular complexity index is 1030. The Kier molecular flexibility index (Phi) is 6.90. The third-order valence-corrected chi connectivity index (χ3v) is 7.39. The van der Waals surface area contributed by atoms with Gasteiger partial charge in [0.15, 0.2) is 9.84 Å². The number of carbonyl (C=O) groups is 1. The number of nitrogens with zero attached hydrogens (tertiary/aromatic N) is 1. The van der Waals surface area contributed by atoms with E-state index in [0.717, 1.165) is 16.9 Å². The minimum absolute atomic E-state index is 0.0230. The molecule has 0 N–H and O–H groups in total. The molecule has 1 aliphatic rings. The highest BCUT2D eigenvalue weighted by Gasteiger charge is 2.34. The molecule has 2 aromatic carbocycles. The summed E-state index contributed by atoms with van der Waals surface area (Å²) in [6.45, 7) is 6.86. The molecule has 0 radical (unpaired) electrons. The van der Waals surface area contributed by atoms with Gasteiger partial charge in [0.25, 0.3) is 0 Å². The number of sulfone groups is 1. The zero-order valence-corrected chi connectivity index (χ0v) is 19.5. The van der Waals surface area contributed by atoms with Gasteiger partial charge in [-0.05, 0) is 46.7 Å². The van der Waals surface area contributed by atoms with Crippen LogP contribution in [0.25, 0.3) is 6.08 Å². The summed E-state index contributed by atoms with van der Waals surface area (Å²) in [5.41, 5.74) is 3.14. The first-order chi connectivity index (χ1) is 14.6. The van der Waals surface area contributed by atoms with Crippen LogP contribution >= 0.6 is 0 Å². The van der Waals surface area contributed by atoms with E-state index in [4.69, 9.17) is 4.74 Å². The van der Waals surface area contributed by atoms with Crippen molar-refractivity contribution in [1.82, 2.24) is 4.90 Å². The van der Waals surface area contributed by atoms with Crippen LogP contribution in [0.15, 0.2) is 54.6 Å². The molecule has 1 amide bonds. The molecule has 3 rings (SSSR count). The molecule has 166 valence electrons. The number of hydrogen-bond acceptors (Lipinski definition) is 4. The Balaban J connectivity index is 1.80. The molecule has 0 bridgehead atoms. The minimum atomic E-state index is -3.10. The van der Waals surface area contributed by atoms with Gasteiger partial charge in [-0.1, -0.05) is 57.2 Å². The molecular weight excluding hydrogens is 410 g/mol. The Morgan fingerprint density at radius 2 is 1.74 bits per heavy atom. The van der Waals surface area contributed by atoms with Gasteiger partial charge < -0.3 is 9.64 Å². The van der Waals surface area contributed by atoms with Gasteiger partial charge in [0.05, 0.1) is 18.6 Å². The van der Waals surface area contributed by atoms with Gasteiger partial charge in [-0.2, -0.15) is 0 Å². The largest absolute Gasteiger partial charge is 0.497 e. The van der Waals surface area contributed by atoms with E-state index in [1.54, 1.807) is 18.1 Å². The zero-order chi connectivity index (χ0) is 22.6. The van der Waals surface area contributed by atoms with Crippen molar-refractivity contribution in [3.05, 3.63) is 71.3 Å². The van der Waals surface area contributed by atoms with Crippen LogP contribution in [0.4, 0.5) is 0 Å². The quantitative estimate of drug-likeness (QED) is 0.630. The summed E-state index contributed by atoms with van der Waals surface area (Å²) in [6.07, 6.45) is 3.75. The molecule has 1 fully saturated rings. The summed E-state index contributed by atoms with van der Waals surface area (Å²) in [4.78, 5) is 14.8. The van der Waals surface area contributed by atoms with Crippen molar-refractivity contribution < 1.29 is 17.9 Å². The van der Waals surface area contributed by atoms with Gasteiger partial charge >= 0.3 is 0 Å². The SMILES string of the molecule is COc1ccc(/C=C/C(=O)N(Cc2ccc(C(C)(C)C)cc2)[C@@H]2CCS(=O)(=O)C2)cc1. The predicted molar refractivity (Wildman–Crippen MR) is 125 cm³/mol. The monoisotopic (exact) mass is 441 g/mol. The molecule has 5 nitrogen and oxygen atoms in total. The molecule has 0 spiro atoms. The highest BCUT2D eigenvalue weighted by molar-refractivity contribution is 7.91. The highest BCUT2D eigenvalue weighted by Crippen LogP contribution is 2.25. The molecule has 1 atom stereocenters. The Labute approximate surface area is 185 Å². The van der Waals surface area contributed by atoms with Crippen molar-refractivity contribution in [2.75, 3.05) is 18.6 Å². The second-order valence-electron chi connectivity index (χ2n) is 9.08. The topological polar surface area (TPSA) is 63.7 Å². The van der Waals surface area contributed by atoms with Crippen LogP contribution in [0.1, 0.15) is 43.9 Å². The molecule has 0 aliphatic carbocycles. The molecule has 2 aromatic rings. The highest BCUT2D eigenvalue weighted by atomic mass is 32.2. The Morgan fingerprint density at radius 3 is 2.26 bits per heavy atom. The molecule has 0 unspecified atom stereocenters. The minimum Gasteiger partial charge on any atom is -0.497 e. The second-order valence-corrected chi connectivity index (χ2v) is 11.3. The van der Waals surface area contributed by atoms with E-state index in [2.05, 4.69) is 32.9 Å². The lowest BCUT2D eigenvalue weighted by Crippen LogP contribution is -2.39. The molecule has 1 saturated heterocycles. The molecule has 6 heteroatoms. The van der Waals surface area contributed by atoms with Crippen LogP contribution in [0, 0.1) is 0 Å². The average Bonchev–Trinajstić information content (AvgIpc) is 3.09. The smallest absolute Gasteiger partial charge is 0.247 e. The molecule has 1 heterocycles. The Hall–Kier alpha value is -2.60. The molecular formula is C25H31NO4S. The van der Waals surface area contributed by atoms with E-state index in [0.29, 0.717) is 13.0 Å². The van der Waals surface area contributed by atoms with Crippen molar-refractivity contribution in [3.63, 3.8) is 0 Å². The maximum Gasteiger partial charge on any atom is 0.247 e. The fourth-order valence-electron chi connectivity index (χ4n) is 3.69. The number of methoxy groups -OCH3 is 1. The first kappa shape index (κ1) is 23.1. The summed E-state index contributed by atoms with van der Waals surface area (Å²) in [7, 11) is -1.49. The third-order valence-electron chi connectivity index (χ3n) is 5.64. The van der Waals surface area contributed by atoms with E-state index < -0.39 is 9.84 Å². The van der Waals surface area contributed by atoms with Crippen molar-refractivity contribution >= 4 is 21.8 Å². The fraction of sp³-hybridized carbons (Fsp3) is 0.400. The number of carbonyl (C=O) groups excluding carboxylic acids is 1. The Morgan fingerprint density at radius 1 is 1.10 bits per heavy atom. The van der Waals surface area contributed by atoms with Gasteiger partial charge in [0.2, 0.25) is 5.91 Å². The molecule has 1 aliphatic heterocycles. The summed E-state index contributed by atoms with van der Waals surface area (Å²) in [5, 5.41) is 0. The summed E-state index contributed by atoms with van der Waals surface area (Å²) in [5.74, 6) is 0.722. The van der Waals surface area contributed by atoms with E-state index >= 15 is 0 Å². The molecule has 0 saturated carbocycles. The fourth-order valence-corrected chi connectivity index (χ4v) is 5.42. The van der Waals surface area contributed by atoms with Gasteiger partial charge in [-0.15, -0.1) is 0 Å². The normalized spacial score (nSPS) is 18.3. The summed E-state index contributed by atoms with van der Waals surface area (Å²) in [6, 6.07) is 15.3. The lowest BCUT2D eigenvalue weighted by atomic mass is 9.86. The maximum absolute atomic E-state index is 13.1. The standard InChI is InChI=1S/C25H31NO4S/c1-25(2,3)21-10-5-20(6-11-21)17-26(22-15-16-31(28,29)18-22)24(27)14-9-19-7-12-23(30-4)13-8-19/h5-14,22H,15-18H2,1-4H3/b14-9+/t22-/m1/s1. The molecule has 31 heavy (non-hydrogen) atoms. The van der Waals surface area contributed by atoms with Crippen LogP contribution in [0.5, 0.6) is 5.75 Å². The number of amides is 1. The van der Waals surface area contributed by atoms with Crippen LogP contribution < -0.4 is 4.74 Å². The molecule has 0 aromatic heterocycles. The van der Waals surface area contributed by atoms with Crippen molar-refractivity contribution in [3.8, 4) is 5.75 Å². The van der Waals surface area contributed by atoms with Crippen LogP contribution in [0.3, 0.4) is 0 Å². The first-order valence-corrected chi connectivity index (χ1v) is 12.3. The summed E-state index contributed by atoms with van der Waals surface area (Å²) < 4.78 is 29.3. The summed E-state index contributed by atoms with van der Waals surface area (Å²) >= 11 is 0. The van der Waals surface area contributed by atoms with E-state index in [1.165, 1.54) is 11.6 Å². The maximum atomic E-state index is 13.1. The van der Waals surface area contributed by atoms with Crippen LogP contribution in [-0.4, -0.2) is 43.9 Å². The van der Waals surface area contributed by atoms with Gasteiger partial charge in [-0.25, -0.2) is 8.42 Å². The predicted octanol–water partition coefficient (Wildman–Crippen LogP) is 4.22. The van der Waals surface area contributed by atoms with Gasteiger partial charge in [0.1, 0.15) is 5.75 Å². The van der Waals surface area contributed by atoms with Crippen molar-refractivity contribution in [2.45, 2.75) is 45.2 Å². The lowest BCUT2D eigenvalue weighted by Gasteiger charge is -2.28. The van der Waals surface area contributed by atoms with E-state index in [1.807, 2.05) is 36.4 Å². The van der Waals surface area contributed by atoms with Gasteiger partial charge in [0, 0.05) is 18.7 Å². The van der Waals surface area contributed by atoms with Gasteiger partial charge in [-0.3, -0.25) is 4.79 Å². The van der Waals surface area contributed by atoms with E-state index in [-0.39, 0.29) is 28.9 Å². The number of benzene rings is 2. The number of rotatable bonds is 6. The number of ether oxygens (including phenoxy) is 1. The van der Waals surface area contributed by atoms with E-state index in [9.17, 15) is 13.2 Å². The average molecular weight is 442 g/mol. The van der Waals surface area contributed by atoms with Crippen LogP contribution in [0.2, 0.25) is 0 Å². The second kappa shape index (κ2) is 9.27. The van der Waals surface area contributed by atoms with Crippen molar-refractivity contribution in [1.29, 1.82) is 0 Å². The number of hydrogen-bond donors (Lipinski definition) is 0.